The number of aromatic nitrogens is 1. The van der Waals surface area contributed by atoms with Crippen LogP contribution in [-0.2, 0) is 6.42 Å². The van der Waals surface area contributed by atoms with Gasteiger partial charge in [-0.25, -0.2) is 0 Å². The highest BCUT2D eigenvalue weighted by molar-refractivity contribution is 5.83. The molecule has 17 heavy (non-hydrogen) atoms. The van der Waals surface area contributed by atoms with E-state index in [2.05, 4.69) is 22.8 Å². The second kappa shape index (κ2) is 4.08. The molecule has 1 aromatic heterocycles. The maximum absolute atomic E-state index is 5.88. The molecular weight excluding hydrogens is 212 g/mol. The minimum Gasteiger partial charge on any atom is -0.497 e. The van der Waals surface area contributed by atoms with Crippen LogP contribution in [0.25, 0.3) is 10.9 Å². The van der Waals surface area contributed by atoms with Gasteiger partial charge in [0.2, 0.25) is 0 Å². The Labute approximate surface area is 101 Å². The molecule has 0 bridgehead atoms. The number of methoxy groups -OCH3 is 1. The van der Waals surface area contributed by atoms with Crippen LogP contribution in [0.15, 0.2) is 24.3 Å². The number of aryl methyl sites for hydroxylation is 1. The van der Waals surface area contributed by atoms with Crippen LogP contribution >= 0.6 is 0 Å². The molecular formula is C14H18N2O. The topological polar surface area (TPSA) is 40.2 Å². The third kappa shape index (κ3) is 1.62. The predicted molar refractivity (Wildman–Crippen MR) is 69.5 cm³/mol. The number of fused-ring (bicyclic) bond motifs is 3. The van der Waals surface area contributed by atoms with Crippen LogP contribution < -0.4 is 10.5 Å². The molecule has 0 spiro atoms. The van der Waals surface area contributed by atoms with E-state index >= 15 is 0 Å². The van der Waals surface area contributed by atoms with Crippen LogP contribution in [-0.4, -0.2) is 18.2 Å². The molecule has 1 atom stereocenters. The third-order valence-electron chi connectivity index (χ3n) is 3.73. The molecule has 2 aromatic rings. The molecule has 3 rings (SSSR count). The number of rotatable bonds is 2. The largest absolute Gasteiger partial charge is 0.497 e. The van der Waals surface area contributed by atoms with Gasteiger partial charge in [0.05, 0.1) is 7.11 Å². The molecule has 90 valence electrons. The lowest BCUT2D eigenvalue weighted by molar-refractivity contribution is 0.414. The van der Waals surface area contributed by atoms with Gasteiger partial charge in [-0.1, -0.05) is 0 Å². The molecule has 0 aliphatic carbocycles. The van der Waals surface area contributed by atoms with Gasteiger partial charge in [0.1, 0.15) is 5.75 Å². The van der Waals surface area contributed by atoms with E-state index in [-0.39, 0.29) is 0 Å². The zero-order valence-corrected chi connectivity index (χ0v) is 10.1. The van der Waals surface area contributed by atoms with Gasteiger partial charge >= 0.3 is 0 Å². The fourth-order valence-corrected chi connectivity index (χ4v) is 2.89. The minimum atomic E-state index is 0.463. The normalized spacial score (nSPS) is 19.3. The van der Waals surface area contributed by atoms with Gasteiger partial charge < -0.3 is 15.0 Å². The summed E-state index contributed by atoms with van der Waals surface area (Å²) in [6, 6.07) is 9.02. The van der Waals surface area contributed by atoms with E-state index in [4.69, 9.17) is 10.5 Å². The average molecular weight is 230 g/mol. The lowest BCUT2D eigenvalue weighted by Crippen LogP contribution is -2.24. The molecule has 3 heteroatoms. The number of hydrogen-bond donors (Lipinski definition) is 1. The van der Waals surface area contributed by atoms with Gasteiger partial charge in [-0.2, -0.15) is 0 Å². The number of nitrogens with two attached hydrogens (primary N) is 1. The molecule has 3 nitrogen and oxygen atoms in total. The Morgan fingerprint density at radius 3 is 3.06 bits per heavy atom. The first kappa shape index (κ1) is 10.7. The van der Waals surface area contributed by atoms with E-state index in [1.807, 2.05) is 6.07 Å². The van der Waals surface area contributed by atoms with Crippen LogP contribution in [0.5, 0.6) is 5.75 Å². The van der Waals surface area contributed by atoms with Gasteiger partial charge in [-0.3, -0.25) is 0 Å². The summed E-state index contributed by atoms with van der Waals surface area (Å²) in [6.07, 6.45) is 3.60. The molecule has 2 N–H and O–H groups in total. The molecule has 2 heterocycles. The Hall–Kier alpha value is -1.48. The predicted octanol–water partition coefficient (Wildman–Crippen LogP) is 2.49. The van der Waals surface area contributed by atoms with Crippen LogP contribution in [0, 0.1) is 0 Å². The maximum Gasteiger partial charge on any atom is 0.119 e. The smallest absolute Gasteiger partial charge is 0.119 e. The number of hydrogen-bond acceptors (Lipinski definition) is 2. The summed E-state index contributed by atoms with van der Waals surface area (Å²) in [5.41, 5.74) is 8.58. The fraction of sp³-hybridized carbons (Fsp3) is 0.429. The lowest BCUT2D eigenvalue weighted by atomic mass is 10.0. The first-order valence-corrected chi connectivity index (χ1v) is 6.21. The molecule has 0 saturated carbocycles. The summed E-state index contributed by atoms with van der Waals surface area (Å²) in [5, 5.41) is 1.26. The van der Waals surface area contributed by atoms with Crippen molar-refractivity contribution in [2.75, 3.05) is 13.7 Å². The highest BCUT2D eigenvalue weighted by Gasteiger charge is 2.20. The van der Waals surface area contributed by atoms with Gasteiger partial charge in [0.25, 0.3) is 0 Å². The van der Waals surface area contributed by atoms with E-state index in [1.54, 1.807) is 7.11 Å². The quantitative estimate of drug-likeness (QED) is 0.861. The van der Waals surface area contributed by atoms with Crippen LogP contribution in [0.4, 0.5) is 0 Å². The molecule has 0 radical (unpaired) electrons. The minimum absolute atomic E-state index is 0.463. The highest BCUT2D eigenvalue weighted by atomic mass is 16.5. The summed E-state index contributed by atoms with van der Waals surface area (Å²) in [4.78, 5) is 0. The van der Waals surface area contributed by atoms with Gasteiger partial charge in [0.15, 0.2) is 0 Å². The molecule has 0 amide bonds. The van der Waals surface area contributed by atoms with E-state index in [1.165, 1.54) is 29.4 Å². The summed E-state index contributed by atoms with van der Waals surface area (Å²) in [6.45, 7) is 0.725. The first-order valence-electron chi connectivity index (χ1n) is 6.21. The Balaban J connectivity index is 2.20. The lowest BCUT2D eigenvalue weighted by Gasteiger charge is -2.25. The maximum atomic E-state index is 5.88. The SMILES string of the molecule is COc1ccc2c(c1)cc1n2C(CN)CCC1. The second-order valence-corrected chi connectivity index (χ2v) is 4.71. The molecule has 1 aliphatic heterocycles. The molecule has 1 unspecified atom stereocenters. The van der Waals surface area contributed by atoms with E-state index in [9.17, 15) is 0 Å². The van der Waals surface area contributed by atoms with Crippen molar-refractivity contribution < 1.29 is 4.74 Å². The number of benzene rings is 1. The number of ether oxygens (including phenoxy) is 1. The monoisotopic (exact) mass is 230 g/mol. The van der Waals surface area contributed by atoms with Crippen molar-refractivity contribution in [3.63, 3.8) is 0 Å². The van der Waals surface area contributed by atoms with Crippen molar-refractivity contribution in [2.24, 2.45) is 5.73 Å². The van der Waals surface area contributed by atoms with E-state index in [0.29, 0.717) is 6.04 Å². The summed E-state index contributed by atoms with van der Waals surface area (Å²) in [5.74, 6) is 0.921. The Morgan fingerprint density at radius 2 is 2.29 bits per heavy atom. The van der Waals surface area contributed by atoms with Crippen LogP contribution in [0.3, 0.4) is 0 Å². The first-order chi connectivity index (χ1) is 8.33. The van der Waals surface area contributed by atoms with Crippen molar-refractivity contribution in [3.05, 3.63) is 30.0 Å². The highest BCUT2D eigenvalue weighted by Crippen LogP contribution is 2.33. The fourth-order valence-electron chi connectivity index (χ4n) is 2.89. The summed E-state index contributed by atoms with van der Waals surface area (Å²) >= 11 is 0. The molecule has 0 fully saturated rings. The molecule has 1 aromatic carbocycles. The zero-order valence-electron chi connectivity index (χ0n) is 10.1. The zero-order chi connectivity index (χ0) is 11.8. The molecule has 1 aliphatic rings. The standard InChI is InChI=1S/C14H18N2O/c1-17-13-5-6-14-10(8-13)7-11-3-2-4-12(9-15)16(11)14/h5-8,12H,2-4,9,15H2,1H3. The Kier molecular flexibility index (Phi) is 2.56. The van der Waals surface area contributed by atoms with Gasteiger partial charge in [0, 0.05) is 29.2 Å². The van der Waals surface area contributed by atoms with E-state index in [0.717, 1.165) is 18.7 Å². The summed E-state index contributed by atoms with van der Waals surface area (Å²) in [7, 11) is 1.71. The third-order valence-corrected chi connectivity index (χ3v) is 3.73. The van der Waals surface area contributed by atoms with Crippen molar-refractivity contribution >= 4 is 10.9 Å². The summed E-state index contributed by atoms with van der Waals surface area (Å²) < 4.78 is 7.69. The van der Waals surface area contributed by atoms with Crippen molar-refractivity contribution in [3.8, 4) is 5.75 Å². The van der Waals surface area contributed by atoms with Crippen molar-refractivity contribution in [1.29, 1.82) is 0 Å². The van der Waals surface area contributed by atoms with Crippen LogP contribution in [0.1, 0.15) is 24.6 Å². The Morgan fingerprint density at radius 1 is 1.41 bits per heavy atom. The van der Waals surface area contributed by atoms with Gasteiger partial charge in [-0.15, -0.1) is 0 Å². The number of nitrogens with zero attached hydrogens (tertiary/aromatic N) is 1. The van der Waals surface area contributed by atoms with Crippen molar-refractivity contribution in [2.45, 2.75) is 25.3 Å². The molecule has 0 saturated heterocycles. The second-order valence-electron chi connectivity index (χ2n) is 4.71. The Bertz CT molecular complexity index is 544. The van der Waals surface area contributed by atoms with Gasteiger partial charge in [-0.05, 0) is 43.5 Å². The van der Waals surface area contributed by atoms with Crippen molar-refractivity contribution in [1.82, 2.24) is 4.57 Å². The average Bonchev–Trinajstić information content (AvgIpc) is 2.75. The van der Waals surface area contributed by atoms with Crippen LogP contribution in [0.2, 0.25) is 0 Å². The van der Waals surface area contributed by atoms with E-state index < -0.39 is 0 Å².